The zero-order valence-electron chi connectivity index (χ0n) is 10.9. The van der Waals surface area contributed by atoms with E-state index in [-0.39, 0.29) is 0 Å². The molecule has 2 saturated heterocycles. The van der Waals surface area contributed by atoms with Crippen LogP contribution in [-0.2, 0) is 20.5 Å². The average molecular weight is 273 g/mol. The molecule has 0 N–H and O–H groups in total. The lowest BCUT2D eigenvalue weighted by Crippen LogP contribution is -2.51. The summed E-state index contributed by atoms with van der Waals surface area (Å²) >= 11 is 0. The van der Waals surface area contributed by atoms with Crippen molar-refractivity contribution in [3.63, 3.8) is 0 Å². The van der Waals surface area contributed by atoms with Crippen LogP contribution in [0.3, 0.4) is 0 Å². The molecule has 0 aromatic rings. The smallest absolute Gasteiger partial charge is 0.182 e. The van der Waals surface area contributed by atoms with Gasteiger partial charge in [0.15, 0.2) is 5.79 Å². The Labute approximate surface area is 112 Å². The number of piperidine rings is 1. The largest absolute Gasteiger partial charge is 0.346 e. The fourth-order valence-electron chi connectivity index (χ4n) is 3.32. The number of ether oxygens (including phenoxy) is 2. The molecule has 1 spiro atoms. The Morgan fingerprint density at radius 3 is 2.50 bits per heavy atom. The fourth-order valence-corrected chi connectivity index (χ4v) is 5.11. The van der Waals surface area contributed by atoms with Gasteiger partial charge in [-0.1, -0.05) is 19.3 Å². The summed E-state index contributed by atoms with van der Waals surface area (Å²) in [5.41, 5.74) is 0. The van der Waals surface area contributed by atoms with E-state index in [9.17, 15) is 4.21 Å². The maximum absolute atomic E-state index is 12.6. The SMILES string of the molecule is O=S(C1CCCCC1)N1CCCC2(C1)OCCO2. The van der Waals surface area contributed by atoms with Gasteiger partial charge in [-0.3, -0.25) is 0 Å². The third-order valence-electron chi connectivity index (χ3n) is 4.29. The first-order valence-electron chi connectivity index (χ1n) is 7.23. The summed E-state index contributed by atoms with van der Waals surface area (Å²) in [6.45, 7) is 2.99. The normalized spacial score (nSPS) is 31.8. The topological polar surface area (TPSA) is 38.8 Å². The van der Waals surface area contributed by atoms with E-state index in [1.807, 2.05) is 0 Å². The predicted molar refractivity (Wildman–Crippen MR) is 70.5 cm³/mol. The van der Waals surface area contributed by atoms with E-state index in [1.165, 1.54) is 19.3 Å². The zero-order valence-corrected chi connectivity index (χ0v) is 11.8. The Morgan fingerprint density at radius 2 is 1.78 bits per heavy atom. The average Bonchev–Trinajstić information content (AvgIpc) is 2.87. The van der Waals surface area contributed by atoms with Gasteiger partial charge >= 0.3 is 0 Å². The third kappa shape index (κ3) is 2.64. The van der Waals surface area contributed by atoms with E-state index in [0.29, 0.717) is 25.0 Å². The fraction of sp³-hybridized carbons (Fsp3) is 1.00. The van der Waals surface area contributed by atoms with Crippen LogP contribution in [0.1, 0.15) is 44.9 Å². The molecular weight excluding hydrogens is 250 g/mol. The van der Waals surface area contributed by atoms with Crippen molar-refractivity contribution < 1.29 is 13.7 Å². The van der Waals surface area contributed by atoms with Gasteiger partial charge < -0.3 is 9.47 Å². The first-order chi connectivity index (χ1) is 8.79. The van der Waals surface area contributed by atoms with Crippen LogP contribution in [0.25, 0.3) is 0 Å². The lowest BCUT2D eigenvalue weighted by Gasteiger charge is -2.39. The molecule has 0 amide bonds. The summed E-state index contributed by atoms with van der Waals surface area (Å²) in [6.07, 6.45) is 8.01. The van der Waals surface area contributed by atoms with Gasteiger partial charge in [-0.2, -0.15) is 0 Å². The molecule has 0 aromatic carbocycles. The van der Waals surface area contributed by atoms with Crippen molar-refractivity contribution in [1.82, 2.24) is 4.31 Å². The van der Waals surface area contributed by atoms with E-state index in [1.54, 1.807) is 0 Å². The number of hydrogen-bond acceptors (Lipinski definition) is 3. The van der Waals surface area contributed by atoms with Crippen LogP contribution in [0, 0.1) is 0 Å². The summed E-state index contributed by atoms with van der Waals surface area (Å²) in [6, 6.07) is 0. The molecule has 1 unspecified atom stereocenters. The molecule has 2 aliphatic heterocycles. The molecule has 0 radical (unpaired) electrons. The number of hydrogen-bond donors (Lipinski definition) is 0. The number of rotatable bonds is 2. The summed E-state index contributed by atoms with van der Waals surface area (Å²) in [5, 5.41) is 0.371. The molecule has 18 heavy (non-hydrogen) atoms. The van der Waals surface area contributed by atoms with Gasteiger partial charge in [-0.25, -0.2) is 8.51 Å². The van der Waals surface area contributed by atoms with E-state index < -0.39 is 16.8 Å². The predicted octanol–water partition coefficient (Wildman–Crippen LogP) is 1.82. The summed E-state index contributed by atoms with van der Waals surface area (Å²) in [5.74, 6) is -0.442. The molecule has 1 aliphatic carbocycles. The van der Waals surface area contributed by atoms with Gasteiger partial charge in [0.25, 0.3) is 0 Å². The molecule has 0 aromatic heterocycles. The monoisotopic (exact) mass is 273 g/mol. The molecule has 3 fully saturated rings. The van der Waals surface area contributed by atoms with Crippen molar-refractivity contribution in [2.75, 3.05) is 26.3 Å². The summed E-state index contributed by atoms with van der Waals surface area (Å²) in [7, 11) is -0.842. The second-order valence-corrected chi connectivity index (χ2v) is 7.35. The van der Waals surface area contributed by atoms with E-state index in [4.69, 9.17) is 9.47 Å². The Kier molecular flexibility index (Phi) is 4.03. The molecule has 5 heteroatoms. The van der Waals surface area contributed by atoms with Crippen LogP contribution in [0.15, 0.2) is 0 Å². The van der Waals surface area contributed by atoms with Gasteiger partial charge in [0.1, 0.15) is 0 Å². The maximum atomic E-state index is 12.6. The lowest BCUT2D eigenvalue weighted by molar-refractivity contribution is -0.178. The lowest BCUT2D eigenvalue weighted by atomic mass is 10.0. The van der Waals surface area contributed by atoms with Crippen molar-refractivity contribution in [3.05, 3.63) is 0 Å². The van der Waals surface area contributed by atoms with Crippen LogP contribution in [0.5, 0.6) is 0 Å². The molecule has 4 nitrogen and oxygen atoms in total. The van der Waals surface area contributed by atoms with Crippen molar-refractivity contribution in [2.45, 2.75) is 56.0 Å². The first kappa shape index (κ1) is 13.0. The molecule has 3 rings (SSSR count). The van der Waals surface area contributed by atoms with Crippen molar-refractivity contribution >= 4 is 11.0 Å². The molecule has 1 atom stereocenters. The maximum Gasteiger partial charge on any atom is 0.182 e. The molecule has 2 heterocycles. The Bertz CT molecular complexity index is 311. The Morgan fingerprint density at radius 1 is 1.06 bits per heavy atom. The number of nitrogens with zero attached hydrogens (tertiary/aromatic N) is 1. The second-order valence-electron chi connectivity index (χ2n) is 5.61. The van der Waals surface area contributed by atoms with Crippen molar-refractivity contribution in [2.24, 2.45) is 0 Å². The highest BCUT2D eigenvalue weighted by molar-refractivity contribution is 7.83. The van der Waals surface area contributed by atoms with E-state index in [2.05, 4.69) is 4.31 Å². The molecule has 3 aliphatic rings. The minimum Gasteiger partial charge on any atom is -0.346 e. The van der Waals surface area contributed by atoms with Crippen LogP contribution < -0.4 is 0 Å². The van der Waals surface area contributed by atoms with Crippen molar-refractivity contribution in [1.29, 1.82) is 0 Å². The molecular formula is C13H23NO3S. The van der Waals surface area contributed by atoms with Crippen LogP contribution >= 0.6 is 0 Å². The van der Waals surface area contributed by atoms with Crippen LogP contribution in [-0.4, -0.2) is 45.9 Å². The highest BCUT2D eigenvalue weighted by Crippen LogP contribution is 2.32. The second kappa shape index (κ2) is 5.57. The van der Waals surface area contributed by atoms with Gasteiger partial charge in [0.05, 0.1) is 30.7 Å². The van der Waals surface area contributed by atoms with Gasteiger partial charge in [-0.15, -0.1) is 0 Å². The Balaban J connectivity index is 1.62. The highest BCUT2D eigenvalue weighted by Gasteiger charge is 2.43. The zero-order chi connectivity index (χ0) is 12.4. The van der Waals surface area contributed by atoms with Crippen molar-refractivity contribution in [3.8, 4) is 0 Å². The standard InChI is InChI=1S/C13H23NO3S/c15-18(12-5-2-1-3-6-12)14-8-4-7-13(11-14)16-9-10-17-13/h12H,1-11H2. The van der Waals surface area contributed by atoms with E-state index >= 15 is 0 Å². The quantitative estimate of drug-likeness (QED) is 0.770. The minimum absolute atomic E-state index is 0.371. The van der Waals surface area contributed by atoms with E-state index in [0.717, 1.165) is 32.2 Å². The van der Waals surface area contributed by atoms with Gasteiger partial charge in [0.2, 0.25) is 0 Å². The van der Waals surface area contributed by atoms with Crippen LogP contribution in [0.2, 0.25) is 0 Å². The highest BCUT2D eigenvalue weighted by atomic mass is 32.2. The summed E-state index contributed by atoms with van der Waals surface area (Å²) in [4.78, 5) is 0. The van der Waals surface area contributed by atoms with Crippen LogP contribution in [0.4, 0.5) is 0 Å². The molecule has 104 valence electrons. The van der Waals surface area contributed by atoms with Gasteiger partial charge in [0, 0.05) is 18.2 Å². The Hall–Kier alpha value is 0.0300. The summed E-state index contributed by atoms with van der Waals surface area (Å²) < 4.78 is 26.2. The molecule has 1 saturated carbocycles. The minimum atomic E-state index is -0.842. The first-order valence-corrected chi connectivity index (χ1v) is 8.40. The van der Waals surface area contributed by atoms with Gasteiger partial charge in [-0.05, 0) is 19.3 Å². The third-order valence-corrected chi connectivity index (χ3v) is 6.15. The molecule has 0 bridgehead atoms.